The normalized spacial score (nSPS) is 28.0. The third-order valence-corrected chi connectivity index (χ3v) is 4.38. The summed E-state index contributed by atoms with van der Waals surface area (Å²) < 4.78 is 5.11. The molecule has 1 heterocycles. The van der Waals surface area contributed by atoms with Crippen molar-refractivity contribution in [2.45, 2.75) is 25.0 Å². The van der Waals surface area contributed by atoms with Crippen molar-refractivity contribution in [1.29, 1.82) is 0 Å². The van der Waals surface area contributed by atoms with Crippen LogP contribution >= 0.6 is 0 Å². The molecule has 1 saturated heterocycles. The number of carbonyl (C=O) groups is 2. The van der Waals surface area contributed by atoms with Crippen LogP contribution in [0.2, 0.25) is 0 Å². The maximum Gasteiger partial charge on any atom is 0.253 e. The standard InChI is InChI=1S/C16H21N3O4/c17-13-7-10(8-14(13)20)16(22)18-11-1-3-12(4-2-11)19-5-6-23-9-15(19)21/h1-4,10,13-14,20H,5-9,17H2,(H,18,22)/t10-,13+,14+/m1/s1. The number of nitrogens with two attached hydrogens (primary N) is 1. The fourth-order valence-corrected chi connectivity index (χ4v) is 3.02. The molecule has 124 valence electrons. The molecule has 1 saturated carbocycles. The van der Waals surface area contributed by atoms with Gasteiger partial charge in [-0.2, -0.15) is 0 Å². The van der Waals surface area contributed by atoms with Gasteiger partial charge in [-0.15, -0.1) is 0 Å². The fourth-order valence-electron chi connectivity index (χ4n) is 3.02. The molecule has 23 heavy (non-hydrogen) atoms. The van der Waals surface area contributed by atoms with E-state index in [4.69, 9.17) is 10.5 Å². The number of aliphatic hydroxyl groups is 1. The van der Waals surface area contributed by atoms with Gasteiger partial charge in [0, 0.05) is 29.9 Å². The first-order valence-corrected chi connectivity index (χ1v) is 7.77. The lowest BCUT2D eigenvalue weighted by molar-refractivity contribution is -0.125. The molecule has 0 aromatic heterocycles. The maximum atomic E-state index is 12.2. The highest BCUT2D eigenvalue weighted by molar-refractivity contribution is 5.96. The van der Waals surface area contributed by atoms with Crippen LogP contribution in [0.25, 0.3) is 0 Å². The molecule has 0 unspecified atom stereocenters. The van der Waals surface area contributed by atoms with Gasteiger partial charge in [-0.1, -0.05) is 0 Å². The average Bonchev–Trinajstić information content (AvgIpc) is 2.88. The van der Waals surface area contributed by atoms with Crippen molar-refractivity contribution in [3.05, 3.63) is 24.3 Å². The van der Waals surface area contributed by atoms with E-state index < -0.39 is 6.10 Å². The second kappa shape index (κ2) is 6.66. The van der Waals surface area contributed by atoms with Crippen molar-refractivity contribution in [3.8, 4) is 0 Å². The molecule has 3 atom stereocenters. The third kappa shape index (κ3) is 3.52. The number of nitrogens with zero attached hydrogens (tertiary/aromatic N) is 1. The molecule has 4 N–H and O–H groups in total. The van der Waals surface area contributed by atoms with Crippen LogP contribution < -0.4 is 16.0 Å². The van der Waals surface area contributed by atoms with Crippen molar-refractivity contribution in [2.24, 2.45) is 11.7 Å². The predicted octanol–water partition coefficient (Wildman–Crippen LogP) is 0.0865. The molecule has 0 radical (unpaired) electrons. The van der Waals surface area contributed by atoms with Crippen molar-refractivity contribution >= 4 is 23.2 Å². The first kappa shape index (κ1) is 15.9. The predicted molar refractivity (Wildman–Crippen MR) is 84.9 cm³/mol. The molecule has 7 nitrogen and oxygen atoms in total. The second-order valence-corrected chi connectivity index (χ2v) is 6.03. The summed E-state index contributed by atoms with van der Waals surface area (Å²) in [7, 11) is 0. The molecule has 2 fully saturated rings. The number of rotatable bonds is 3. The molecule has 0 spiro atoms. The minimum Gasteiger partial charge on any atom is -0.391 e. The third-order valence-electron chi connectivity index (χ3n) is 4.38. The molecule has 1 aliphatic carbocycles. The summed E-state index contributed by atoms with van der Waals surface area (Å²) in [6.45, 7) is 1.15. The Hall–Kier alpha value is -1.96. The van der Waals surface area contributed by atoms with Crippen molar-refractivity contribution in [2.75, 3.05) is 30.0 Å². The Morgan fingerprint density at radius 3 is 2.65 bits per heavy atom. The minimum atomic E-state index is -0.611. The van der Waals surface area contributed by atoms with Gasteiger partial charge in [0.2, 0.25) is 5.91 Å². The number of carbonyl (C=O) groups excluding carboxylic acids is 2. The Balaban J connectivity index is 1.61. The van der Waals surface area contributed by atoms with Gasteiger partial charge < -0.3 is 25.8 Å². The van der Waals surface area contributed by atoms with Crippen LogP contribution in [0.4, 0.5) is 11.4 Å². The highest BCUT2D eigenvalue weighted by Crippen LogP contribution is 2.26. The molecule has 0 bridgehead atoms. The van der Waals surface area contributed by atoms with E-state index in [1.807, 2.05) is 0 Å². The minimum absolute atomic E-state index is 0.0676. The molecule has 2 aliphatic rings. The van der Waals surface area contributed by atoms with Crippen LogP contribution in [-0.4, -0.2) is 48.8 Å². The van der Waals surface area contributed by atoms with Gasteiger partial charge in [0.1, 0.15) is 6.61 Å². The lowest BCUT2D eigenvalue weighted by Crippen LogP contribution is -2.41. The lowest BCUT2D eigenvalue weighted by Gasteiger charge is -2.27. The monoisotopic (exact) mass is 319 g/mol. The summed E-state index contributed by atoms with van der Waals surface area (Å²) in [6, 6.07) is 6.80. The van der Waals surface area contributed by atoms with E-state index in [2.05, 4.69) is 5.32 Å². The van der Waals surface area contributed by atoms with Gasteiger partial charge in [-0.25, -0.2) is 0 Å². The average molecular weight is 319 g/mol. The molecule has 1 aliphatic heterocycles. The quantitative estimate of drug-likeness (QED) is 0.732. The van der Waals surface area contributed by atoms with Crippen LogP contribution in [0.1, 0.15) is 12.8 Å². The summed E-state index contributed by atoms with van der Waals surface area (Å²) in [5, 5.41) is 12.5. The molecular formula is C16H21N3O4. The van der Waals surface area contributed by atoms with Crippen LogP contribution in [0.15, 0.2) is 24.3 Å². The van der Waals surface area contributed by atoms with Crippen molar-refractivity contribution in [1.82, 2.24) is 0 Å². The summed E-state index contributed by atoms with van der Waals surface area (Å²) in [4.78, 5) is 25.6. The maximum absolute atomic E-state index is 12.2. The molecule has 2 amide bonds. The first-order chi connectivity index (χ1) is 11.0. The van der Waals surface area contributed by atoms with E-state index in [-0.39, 0.29) is 30.4 Å². The molecular weight excluding hydrogens is 298 g/mol. The smallest absolute Gasteiger partial charge is 0.253 e. The summed E-state index contributed by atoms with van der Waals surface area (Å²) in [5.41, 5.74) is 7.19. The molecule has 7 heteroatoms. The molecule has 1 aromatic carbocycles. The Morgan fingerprint density at radius 2 is 2.04 bits per heavy atom. The Morgan fingerprint density at radius 1 is 1.30 bits per heavy atom. The second-order valence-electron chi connectivity index (χ2n) is 6.03. The number of aliphatic hydroxyl groups excluding tert-OH is 1. The zero-order valence-electron chi connectivity index (χ0n) is 12.8. The fraction of sp³-hybridized carbons (Fsp3) is 0.500. The van der Waals surface area contributed by atoms with Crippen molar-refractivity contribution in [3.63, 3.8) is 0 Å². The number of ether oxygens (including phenoxy) is 1. The van der Waals surface area contributed by atoms with Crippen LogP contribution in [-0.2, 0) is 14.3 Å². The zero-order chi connectivity index (χ0) is 16.4. The number of nitrogens with one attached hydrogen (secondary N) is 1. The number of anilines is 2. The highest BCUT2D eigenvalue weighted by Gasteiger charge is 2.34. The van der Waals surface area contributed by atoms with E-state index >= 15 is 0 Å². The largest absolute Gasteiger partial charge is 0.391 e. The van der Waals surface area contributed by atoms with E-state index in [9.17, 15) is 14.7 Å². The Bertz CT molecular complexity index is 579. The first-order valence-electron chi connectivity index (χ1n) is 7.77. The summed E-state index contributed by atoms with van der Waals surface area (Å²) in [6.07, 6.45) is 0.279. The SMILES string of the molecule is N[C@H]1C[C@@H](C(=O)Nc2ccc(N3CCOCC3=O)cc2)C[C@@H]1O. The van der Waals surface area contributed by atoms with E-state index in [0.29, 0.717) is 31.7 Å². The number of amides is 2. The van der Waals surface area contributed by atoms with Crippen LogP contribution in [0.3, 0.4) is 0 Å². The number of hydrogen-bond donors (Lipinski definition) is 3. The van der Waals surface area contributed by atoms with E-state index in [1.54, 1.807) is 29.2 Å². The number of benzene rings is 1. The lowest BCUT2D eigenvalue weighted by atomic mass is 10.1. The Kier molecular flexibility index (Phi) is 4.61. The van der Waals surface area contributed by atoms with E-state index in [0.717, 1.165) is 5.69 Å². The van der Waals surface area contributed by atoms with Crippen molar-refractivity contribution < 1.29 is 19.4 Å². The highest BCUT2D eigenvalue weighted by atomic mass is 16.5. The van der Waals surface area contributed by atoms with Gasteiger partial charge in [-0.05, 0) is 37.1 Å². The molecule has 3 rings (SSSR count). The summed E-state index contributed by atoms with van der Waals surface area (Å²) >= 11 is 0. The Labute approximate surface area is 134 Å². The van der Waals surface area contributed by atoms with Gasteiger partial charge in [0.15, 0.2) is 0 Å². The van der Waals surface area contributed by atoms with Gasteiger partial charge in [-0.3, -0.25) is 9.59 Å². The van der Waals surface area contributed by atoms with Gasteiger partial charge in [0.05, 0.1) is 12.7 Å². The van der Waals surface area contributed by atoms with Crippen LogP contribution in [0, 0.1) is 5.92 Å². The number of hydrogen-bond acceptors (Lipinski definition) is 5. The number of morpholine rings is 1. The molecule has 1 aromatic rings. The van der Waals surface area contributed by atoms with Gasteiger partial charge in [0.25, 0.3) is 5.91 Å². The van der Waals surface area contributed by atoms with Gasteiger partial charge >= 0.3 is 0 Å². The topological polar surface area (TPSA) is 105 Å². The van der Waals surface area contributed by atoms with Crippen LogP contribution in [0.5, 0.6) is 0 Å². The zero-order valence-corrected chi connectivity index (χ0v) is 12.8. The summed E-state index contributed by atoms with van der Waals surface area (Å²) in [5.74, 6) is -0.463. The van der Waals surface area contributed by atoms with E-state index in [1.165, 1.54) is 0 Å².